The summed E-state index contributed by atoms with van der Waals surface area (Å²) in [5.41, 5.74) is 2.66. The van der Waals surface area contributed by atoms with Crippen molar-refractivity contribution in [2.24, 2.45) is 0 Å². The number of aryl methyl sites for hydroxylation is 1. The molecular formula is C21H20ClN3O2. The minimum absolute atomic E-state index is 0.0962. The Kier molecular flexibility index (Phi) is 4.94. The molecule has 0 N–H and O–H groups in total. The molecule has 4 rings (SSSR count). The van der Waals surface area contributed by atoms with Gasteiger partial charge in [-0.1, -0.05) is 35.0 Å². The Bertz CT molecular complexity index is 944. The van der Waals surface area contributed by atoms with Crippen LogP contribution in [-0.2, 0) is 0 Å². The fourth-order valence-corrected chi connectivity index (χ4v) is 3.56. The predicted molar refractivity (Wildman–Crippen MR) is 104 cm³/mol. The Morgan fingerprint density at radius 1 is 1.11 bits per heavy atom. The molecule has 1 aliphatic heterocycles. The maximum atomic E-state index is 12.7. The van der Waals surface area contributed by atoms with Crippen molar-refractivity contribution in [3.8, 4) is 11.4 Å². The molecule has 0 bridgehead atoms. The van der Waals surface area contributed by atoms with Crippen LogP contribution in [-0.4, -0.2) is 34.0 Å². The predicted octanol–water partition coefficient (Wildman–Crippen LogP) is 4.72. The summed E-state index contributed by atoms with van der Waals surface area (Å²) in [6.45, 7) is 3.35. The van der Waals surface area contributed by atoms with Crippen LogP contribution in [0.3, 0.4) is 0 Å². The van der Waals surface area contributed by atoms with E-state index in [0.717, 1.165) is 29.5 Å². The van der Waals surface area contributed by atoms with Crippen LogP contribution in [0, 0.1) is 6.92 Å². The average Bonchev–Trinajstić information content (AvgIpc) is 3.19. The van der Waals surface area contributed by atoms with E-state index in [4.69, 9.17) is 16.1 Å². The highest BCUT2D eigenvalue weighted by Gasteiger charge is 2.28. The van der Waals surface area contributed by atoms with Crippen LogP contribution in [0.1, 0.15) is 40.6 Å². The number of rotatable bonds is 3. The molecule has 1 amide bonds. The Morgan fingerprint density at radius 2 is 1.81 bits per heavy atom. The lowest BCUT2D eigenvalue weighted by atomic mass is 9.96. The second kappa shape index (κ2) is 7.53. The number of aromatic nitrogens is 2. The Balaban J connectivity index is 1.42. The molecule has 0 unspecified atom stereocenters. The molecule has 1 saturated heterocycles. The molecule has 3 aromatic rings. The van der Waals surface area contributed by atoms with Gasteiger partial charge in [0.25, 0.3) is 5.91 Å². The molecule has 1 fully saturated rings. The molecule has 1 aliphatic rings. The van der Waals surface area contributed by atoms with Crippen molar-refractivity contribution < 1.29 is 9.32 Å². The number of hydrogen-bond donors (Lipinski definition) is 0. The van der Waals surface area contributed by atoms with Gasteiger partial charge in [0.2, 0.25) is 11.7 Å². The first-order chi connectivity index (χ1) is 13.1. The highest BCUT2D eigenvalue weighted by molar-refractivity contribution is 6.30. The minimum Gasteiger partial charge on any atom is -0.339 e. The Labute approximate surface area is 163 Å². The molecule has 0 saturated carbocycles. The van der Waals surface area contributed by atoms with Gasteiger partial charge in [0.1, 0.15) is 0 Å². The molecule has 138 valence electrons. The molecule has 2 aromatic carbocycles. The molecule has 0 radical (unpaired) electrons. The molecule has 1 aromatic heterocycles. The van der Waals surface area contributed by atoms with Crippen molar-refractivity contribution in [2.45, 2.75) is 25.7 Å². The first-order valence-corrected chi connectivity index (χ1v) is 9.44. The minimum atomic E-state index is 0.0962. The second-order valence-electron chi connectivity index (χ2n) is 6.84. The molecule has 0 aliphatic carbocycles. The summed E-state index contributed by atoms with van der Waals surface area (Å²) in [4.78, 5) is 19.2. The zero-order chi connectivity index (χ0) is 18.8. The van der Waals surface area contributed by atoms with Gasteiger partial charge < -0.3 is 9.42 Å². The summed E-state index contributed by atoms with van der Waals surface area (Å²) in [5.74, 6) is 1.49. The molecule has 0 atom stereocenters. The topological polar surface area (TPSA) is 59.2 Å². The van der Waals surface area contributed by atoms with Crippen molar-refractivity contribution in [2.75, 3.05) is 13.1 Å². The smallest absolute Gasteiger partial charge is 0.254 e. The molecule has 5 nitrogen and oxygen atoms in total. The highest BCUT2D eigenvalue weighted by Crippen LogP contribution is 2.29. The van der Waals surface area contributed by atoms with E-state index in [1.807, 2.05) is 60.4 Å². The fraction of sp³-hybridized carbons (Fsp3) is 0.286. The SMILES string of the molecule is Cc1ccccc1C(=O)N1CCC(c2nc(-c3ccc(Cl)cc3)no2)CC1. The van der Waals surface area contributed by atoms with Gasteiger partial charge in [0, 0.05) is 35.2 Å². The average molecular weight is 382 g/mol. The van der Waals surface area contributed by atoms with Crippen LogP contribution in [0.25, 0.3) is 11.4 Å². The summed E-state index contributed by atoms with van der Waals surface area (Å²) in [7, 11) is 0. The molecule has 27 heavy (non-hydrogen) atoms. The van der Waals surface area contributed by atoms with Crippen LogP contribution in [0.5, 0.6) is 0 Å². The standard InChI is InChI=1S/C21H20ClN3O2/c1-14-4-2-3-5-18(14)21(26)25-12-10-16(11-13-25)20-23-19(24-27-20)15-6-8-17(22)9-7-15/h2-9,16H,10-13H2,1H3. The van der Waals surface area contributed by atoms with Crippen molar-refractivity contribution in [1.82, 2.24) is 15.0 Å². The monoisotopic (exact) mass is 381 g/mol. The van der Waals surface area contributed by atoms with Crippen molar-refractivity contribution in [3.63, 3.8) is 0 Å². The van der Waals surface area contributed by atoms with E-state index in [1.165, 1.54) is 0 Å². The van der Waals surface area contributed by atoms with Gasteiger partial charge in [-0.2, -0.15) is 4.98 Å². The first kappa shape index (κ1) is 17.7. The van der Waals surface area contributed by atoms with Gasteiger partial charge in [-0.15, -0.1) is 0 Å². The van der Waals surface area contributed by atoms with E-state index < -0.39 is 0 Å². The lowest BCUT2D eigenvalue weighted by Crippen LogP contribution is -2.38. The number of carbonyl (C=O) groups excluding carboxylic acids is 1. The first-order valence-electron chi connectivity index (χ1n) is 9.06. The van der Waals surface area contributed by atoms with E-state index in [9.17, 15) is 4.79 Å². The lowest BCUT2D eigenvalue weighted by Gasteiger charge is -2.30. The van der Waals surface area contributed by atoms with Gasteiger partial charge in [-0.05, 0) is 55.7 Å². The number of piperidine rings is 1. The van der Waals surface area contributed by atoms with Gasteiger partial charge in [0.05, 0.1) is 0 Å². The lowest BCUT2D eigenvalue weighted by molar-refractivity contribution is 0.0704. The Hall–Kier alpha value is -2.66. The van der Waals surface area contributed by atoms with Crippen molar-refractivity contribution in [1.29, 1.82) is 0 Å². The summed E-state index contributed by atoms with van der Waals surface area (Å²) >= 11 is 5.92. The van der Waals surface area contributed by atoms with Crippen LogP contribution in [0.4, 0.5) is 0 Å². The van der Waals surface area contributed by atoms with E-state index in [0.29, 0.717) is 29.8 Å². The number of amides is 1. The Morgan fingerprint density at radius 3 is 2.52 bits per heavy atom. The van der Waals surface area contributed by atoms with Crippen LogP contribution in [0.2, 0.25) is 5.02 Å². The quantitative estimate of drug-likeness (QED) is 0.658. The summed E-state index contributed by atoms with van der Waals surface area (Å²) in [6, 6.07) is 15.1. The maximum Gasteiger partial charge on any atom is 0.254 e. The summed E-state index contributed by atoms with van der Waals surface area (Å²) in [5, 5.41) is 4.77. The van der Waals surface area contributed by atoms with Crippen molar-refractivity contribution in [3.05, 3.63) is 70.6 Å². The largest absolute Gasteiger partial charge is 0.339 e. The number of halogens is 1. The number of hydrogen-bond acceptors (Lipinski definition) is 4. The summed E-state index contributed by atoms with van der Waals surface area (Å²) in [6.07, 6.45) is 1.64. The van der Waals surface area contributed by atoms with E-state index in [-0.39, 0.29) is 11.8 Å². The number of nitrogens with zero attached hydrogens (tertiary/aromatic N) is 3. The van der Waals surface area contributed by atoms with Gasteiger partial charge in [0.15, 0.2) is 0 Å². The zero-order valence-electron chi connectivity index (χ0n) is 15.1. The van der Waals surface area contributed by atoms with Crippen molar-refractivity contribution >= 4 is 17.5 Å². The van der Waals surface area contributed by atoms with Crippen LogP contribution in [0.15, 0.2) is 53.1 Å². The van der Waals surface area contributed by atoms with Crippen LogP contribution >= 0.6 is 11.6 Å². The highest BCUT2D eigenvalue weighted by atomic mass is 35.5. The third-order valence-electron chi connectivity index (χ3n) is 5.05. The van der Waals surface area contributed by atoms with Gasteiger partial charge in [-0.25, -0.2) is 0 Å². The fourth-order valence-electron chi connectivity index (χ4n) is 3.43. The number of carbonyl (C=O) groups is 1. The molecule has 2 heterocycles. The van der Waals surface area contributed by atoms with Gasteiger partial charge in [-0.3, -0.25) is 4.79 Å². The van der Waals surface area contributed by atoms with Crippen LogP contribution < -0.4 is 0 Å². The van der Waals surface area contributed by atoms with E-state index >= 15 is 0 Å². The number of benzene rings is 2. The molecule has 6 heteroatoms. The third-order valence-corrected chi connectivity index (χ3v) is 5.30. The normalized spacial score (nSPS) is 15.1. The molecular weight excluding hydrogens is 362 g/mol. The molecule has 0 spiro atoms. The van der Waals surface area contributed by atoms with Gasteiger partial charge >= 0.3 is 0 Å². The number of likely N-dealkylation sites (tertiary alicyclic amines) is 1. The second-order valence-corrected chi connectivity index (χ2v) is 7.28. The maximum absolute atomic E-state index is 12.7. The van der Waals surface area contributed by atoms with E-state index in [1.54, 1.807) is 0 Å². The zero-order valence-corrected chi connectivity index (χ0v) is 15.8. The third kappa shape index (κ3) is 3.74. The summed E-state index contributed by atoms with van der Waals surface area (Å²) < 4.78 is 5.49. The van der Waals surface area contributed by atoms with E-state index in [2.05, 4.69) is 10.1 Å².